The Morgan fingerprint density at radius 2 is 2.00 bits per heavy atom. The topological polar surface area (TPSA) is 66.9 Å². The van der Waals surface area contributed by atoms with E-state index in [9.17, 15) is 0 Å². The van der Waals surface area contributed by atoms with Crippen LogP contribution in [0.5, 0.6) is 5.88 Å². The zero-order valence-corrected chi connectivity index (χ0v) is 14.2. The molecule has 4 rings (SSSR count). The highest BCUT2D eigenvalue weighted by Crippen LogP contribution is 2.33. The monoisotopic (exact) mass is 335 g/mol. The summed E-state index contributed by atoms with van der Waals surface area (Å²) in [6, 6.07) is 12.2. The van der Waals surface area contributed by atoms with Crippen molar-refractivity contribution in [1.29, 1.82) is 0 Å². The maximum atomic E-state index is 5.25. The van der Waals surface area contributed by atoms with E-state index in [1.807, 2.05) is 24.4 Å². The van der Waals surface area contributed by atoms with Crippen LogP contribution < -0.4 is 9.64 Å². The van der Waals surface area contributed by atoms with Crippen LogP contribution in [0, 0.1) is 0 Å². The standard InChI is InChI=1S/C19H21N5O/c1-25-17-10-11-20-19(23-17)24-12-6-5-9-16(24)18-21-13-15(22-18)14-7-3-2-4-8-14/h2-4,7-8,10-11,13,16H,5-6,9,12H2,1H3,(H,21,22)/t16-/m1/s1. The maximum Gasteiger partial charge on any atom is 0.229 e. The Morgan fingerprint density at radius 1 is 1.12 bits per heavy atom. The fourth-order valence-corrected chi connectivity index (χ4v) is 3.31. The molecule has 3 aromatic rings. The lowest BCUT2D eigenvalue weighted by molar-refractivity contribution is 0.393. The summed E-state index contributed by atoms with van der Waals surface area (Å²) < 4.78 is 5.25. The Labute approximate surface area is 146 Å². The van der Waals surface area contributed by atoms with Gasteiger partial charge in [0.2, 0.25) is 11.8 Å². The molecule has 0 saturated carbocycles. The molecule has 0 spiro atoms. The van der Waals surface area contributed by atoms with Gasteiger partial charge in [-0.05, 0) is 24.8 Å². The van der Waals surface area contributed by atoms with Gasteiger partial charge < -0.3 is 14.6 Å². The summed E-state index contributed by atoms with van der Waals surface area (Å²) >= 11 is 0. The van der Waals surface area contributed by atoms with Crippen molar-refractivity contribution in [3.63, 3.8) is 0 Å². The fourth-order valence-electron chi connectivity index (χ4n) is 3.31. The van der Waals surface area contributed by atoms with Crippen molar-refractivity contribution >= 4 is 5.95 Å². The molecule has 1 saturated heterocycles. The number of rotatable bonds is 4. The third-order valence-corrected chi connectivity index (χ3v) is 4.58. The predicted octanol–water partition coefficient (Wildman–Crippen LogP) is 3.61. The molecule has 25 heavy (non-hydrogen) atoms. The zero-order chi connectivity index (χ0) is 17.1. The lowest BCUT2D eigenvalue weighted by Crippen LogP contribution is -2.35. The summed E-state index contributed by atoms with van der Waals surface area (Å²) in [5.74, 6) is 2.24. The van der Waals surface area contributed by atoms with Crippen LogP contribution in [0.1, 0.15) is 31.1 Å². The third kappa shape index (κ3) is 3.20. The largest absolute Gasteiger partial charge is 0.481 e. The highest BCUT2D eigenvalue weighted by atomic mass is 16.5. The van der Waals surface area contributed by atoms with E-state index in [4.69, 9.17) is 4.74 Å². The summed E-state index contributed by atoms with van der Waals surface area (Å²) in [6.07, 6.45) is 6.98. The van der Waals surface area contributed by atoms with Crippen LogP contribution >= 0.6 is 0 Å². The minimum Gasteiger partial charge on any atom is -0.481 e. The number of nitrogens with one attached hydrogen (secondary N) is 1. The lowest BCUT2D eigenvalue weighted by Gasteiger charge is -2.34. The van der Waals surface area contributed by atoms with Gasteiger partial charge in [0.25, 0.3) is 0 Å². The van der Waals surface area contributed by atoms with E-state index in [0.29, 0.717) is 11.8 Å². The number of imidazole rings is 1. The van der Waals surface area contributed by atoms with E-state index in [0.717, 1.165) is 36.5 Å². The minimum absolute atomic E-state index is 0.151. The van der Waals surface area contributed by atoms with Gasteiger partial charge in [-0.25, -0.2) is 9.97 Å². The summed E-state index contributed by atoms with van der Waals surface area (Å²) in [5, 5.41) is 0. The van der Waals surface area contributed by atoms with Crippen molar-refractivity contribution in [1.82, 2.24) is 19.9 Å². The van der Waals surface area contributed by atoms with E-state index in [1.54, 1.807) is 19.4 Å². The number of benzene rings is 1. The number of piperidine rings is 1. The molecule has 6 nitrogen and oxygen atoms in total. The van der Waals surface area contributed by atoms with Crippen molar-refractivity contribution in [2.75, 3.05) is 18.6 Å². The van der Waals surface area contributed by atoms with Crippen LogP contribution in [0.15, 0.2) is 48.8 Å². The summed E-state index contributed by atoms with van der Waals surface area (Å²) in [6.45, 7) is 0.916. The zero-order valence-electron chi connectivity index (χ0n) is 14.2. The van der Waals surface area contributed by atoms with Gasteiger partial charge in [-0.2, -0.15) is 4.98 Å². The van der Waals surface area contributed by atoms with Gasteiger partial charge in [-0.1, -0.05) is 30.3 Å². The van der Waals surface area contributed by atoms with E-state index < -0.39 is 0 Å². The summed E-state index contributed by atoms with van der Waals surface area (Å²) in [5.41, 5.74) is 2.17. The Morgan fingerprint density at radius 3 is 2.84 bits per heavy atom. The van der Waals surface area contributed by atoms with Gasteiger partial charge in [-0.3, -0.25) is 0 Å². The minimum atomic E-state index is 0.151. The van der Waals surface area contributed by atoms with E-state index in [1.165, 1.54) is 6.42 Å². The van der Waals surface area contributed by atoms with Crippen LogP contribution in [0.3, 0.4) is 0 Å². The number of hydrogen-bond acceptors (Lipinski definition) is 5. The number of H-pyrrole nitrogens is 1. The molecular formula is C19H21N5O. The van der Waals surface area contributed by atoms with Crippen LogP contribution in [0.25, 0.3) is 11.3 Å². The quantitative estimate of drug-likeness (QED) is 0.789. The summed E-state index contributed by atoms with van der Waals surface area (Å²) in [7, 11) is 1.62. The summed E-state index contributed by atoms with van der Waals surface area (Å²) in [4.78, 5) is 19.3. The first-order chi connectivity index (χ1) is 12.3. The molecule has 1 aliphatic heterocycles. The lowest BCUT2D eigenvalue weighted by atomic mass is 10.0. The first kappa shape index (κ1) is 15.6. The van der Waals surface area contributed by atoms with Crippen LogP contribution in [0.2, 0.25) is 0 Å². The maximum absolute atomic E-state index is 5.25. The second-order valence-electron chi connectivity index (χ2n) is 6.15. The van der Waals surface area contributed by atoms with Gasteiger partial charge in [0.05, 0.1) is 25.0 Å². The molecule has 0 unspecified atom stereocenters. The molecular weight excluding hydrogens is 314 g/mol. The van der Waals surface area contributed by atoms with Gasteiger partial charge >= 0.3 is 0 Å². The molecule has 1 aliphatic rings. The first-order valence-corrected chi connectivity index (χ1v) is 8.59. The van der Waals surface area contributed by atoms with E-state index in [2.05, 4.69) is 37.0 Å². The molecule has 1 atom stereocenters. The number of anilines is 1. The van der Waals surface area contributed by atoms with E-state index in [-0.39, 0.29) is 6.04 Å². The van der Waals surface area contributed by atoms with Gasteiger partial charge in [0.1, 0.15) is 5.82 Å². The van der Waals surface area contributed by atoms with Crippen LogP contribution in [-0.4, -0.2) is 33.6 Å². The highest BCUT2D eigenvalue weighted by molar-refractivity contribution is 5.58. The number of ether oxygens (including phenoxy) is 1. The number of aromatic amines is 1. The number of methoxy groups -OCH3 is 1. The smallest absolute Gasteiger partial charge is 0.229 e. The normalized spacial score (nSPS) is 17.5. The molecule has 0 radical (unpaired) electrons. The second kappa shape index (κ2) is 6.93. The fraction of sp³-hybridized carbons (Fsp3) is 0.316. The van der Waals surface area contributed by atoms with Crippen LogP contribution in [0.4, 0.5) is 5.95 Å². The molecule has 3 heterocycles. The molecule has 2 aromatic heterocycles. The molecule has 0 aliphatic carbocycles. The molecule has 1 N–H and O–H groups in total. The number of nitrogens with zero attached hydrogens (tertiary/aromatic N) is 4. The van der Waals surface area contributed by atoms with Crippen molar-refractivity contribution in [3.8, 4) is 17.1 Å². The Kier molecular flexibility index (Phi) is 4.33. The molecule has 6 heteroatoms. The molecule has 1 fully saturated rings. The van der Waals surface area contributed by atoms with Crippen molar-refractivity contribution in [2.45, 2.75) is 25.3 Å². The van der Waals surface area contributed by atoms with Crippen molar-refractivity contribution in [3.05, 3.63) is 54.6 Å². The second-order valence-corrected chi connectivity index (χ2v) is 6.15. The number of aromatic nitrogens is 4. The van der Waals surface area contributed by atoms with Gasteiger partial charge in [0, 0.05) is 18.8 Å². The SMILES string of the molecule is COc1ccnc(N2CCCC[C@@H]2c2ncc(-c3ccccc3)[nH]2)n1. The molecule has 0 bridgehead atoms. The van der Waals surface area contributed by atoms with E-state index >= 15 is 0 Å². The average Bonchev–Trinajstić information content (AvgIpc) is 3.19. The number of hydrogen-bond donors (Lipinski definition) is 1. The molecule has 1 aromatic carbocycles. The van der Waals surface area contributed by atoms with Crippen molar-refractivity contribution < 1.29 is 4.74 Å². The Balaban J connectivity index is 1.64. The van der Waals surface area contributed by atoms with Crippen molar-refractivity contribution in [2.24, 2.45) is 0 Å². The Bertz CT molecular complexity index is 833. The highest BCUT2D eigenvalue weighted by Gasteiger charge is 2.28. The van der Waals surface area contributed by atoms with Crippen LogP contribution in [-0.2, 0) is 0 Å². The van der Waals surface area contributed by atoms with Gasteiger partial charge in [-0.15, -0.1) is 0 Å². The molecule has 0 amide bonds. The molecule has 128 valence electrons. The Hall–Kier alpha value is -2.89. The first-order valence-electron chi connectivity index (χ1n) is 8.59. The predicted molar refractivity (Wildman–Crippen MR) is 96.5 cm³/mol. The third-order valence-electron chi connectivity index (χ3n) is 4.58. The van der Waals surface area contributed by atoms with Gasteiger partial charge in [0.15, 0.2) is 0 Å². The average molecular weight is 335 g/mol.